The van der Waals surface area contributed by atoms with Crippen LogP contribution in [0.3, 0.4) is 0 Å². The Morgan fingerprint density at radius 3 is 2.08 bits per heavy atom. The molecule has 3 heteroatoms. The summed E-state index contributed by atoms with van der Waals surface area (Å²) in [7, 11) is 0. The predicted octanol–water partition coefficient (Wildman–Crippen LogP) is 6.01. The van der Waals surface area contributed by atoms with Gasteiger partial charge in [-0.2, -0.15) is 4.84 Å². The highest BCUT2D eigenvalue weighted by Crippen LogP contribution is 2.28. The Bertz CT molecular complexity index is 818. The Morgan fingerprint density at radius 2 is 1.42 bits per heavy atom. The number of rotatable bonds is 9. The number of nitrogens with one attached hydrogen (secondary N) is 1. The molecule has 3 aromatic carbocycles. The topological polar surface area (TPSA) is 41.2 Å². The van der Waals surface area contributed by atoms with Crippen molar-refractivity contribution < 1.29 is 9.63 Å². The highest BCUT2D eigenvalue weighted by molar-refractivity contribution is 6.16. The molecule has 0 amide bonds. The quantitative estimate of drug-likeness (QED) is 0.222. The van der Waals surface area contributed by atoms with Gasteiger partial charge < -0.3 is 0 Å². The van der Waals surface area contributed by atoms with Crippen LogP contribution in [0.5, 0.6) is 0 Å². The number of hydroxylamine groups is 1. The zero-order chi connectivity index (χ0) is 18.2. The third kappa shape index (κ3) is 4.41. The minimum atomic E-state index is -0.316. The molecule has 0 aliphatic carbocycles. The van der Waals surface area contributed by atoms with E-state index in [1.54, 1.807) is 0 Å². The van der Waals surface area contributed by atoms with Crippen molar-refractivity contribution in [2.75, 3.05) is 6.54 Å². The van der Waals surface area contributed by atoms with Gasteiger partial charge in [0.15, 0.2) is 0 Å². The van der Waals surface area contributed by atoms with Crippen molar-refractivity contribution >= 4 is 27.5 Å². The minimum Gasteiger partial charge on any atom is -0.195 e. The molecule has 0 unspecified atom stereocenters. The van der Waals surface area contributed by atoms with Crippen LogP contribution >= 0.6 is 0 Å². The maximum absolute atomic E-state index is 12.8. The first-order valence-corrected chi connectivity index (χ1v) is 9.66. The van der Waals surface area contributed by atoms with Gasteiger partial charge in [0.2, 0.25) is 0 Å². The molecule has 1 radical (unpaired) electrons. The molecule has 0 heterocycles. The molecule has 0 saturated heterocycles. The molecular weight excluding hydrogens is 322 g/mol. The monoisotopic (exact) mass is 349 g/mol. The molecule has 0 bridgehead atoms. The van der Waals surface area contributed by atoms with E-state index in [0.29, 0.717) is 12.1 Å². The predicted molar refractivity (Wildman–Crippen MR) is 108 cm³/mol. The fourth-order valence-corrected chi connectivity index (χ4v) is 3.38. The van der Waals surface area contributed by atoms with Crippen LogP contribution in [-0.2, 0) is 4.84 Å². The normalized spacial score (nSPS) is 11.1. The average molecular weight is 349 g/mol. The van der Waals surface area contributed by atoms with Gasteiger partial charge in [0.25, 0.3) is 0 Å². The van der Waals surface area contributed by atoms with Gasteiger partial charge in [0, 0.05) is 10.8 Å². The molecule has 1 N–H and O–H groups in total. The van der Waals surface area contributed by atoms with Crippen molar-refractivity contribution in [1.29, 1.82) is 0 Å². The Balaban J connectivity index is 1.67. The van der Waals surface area contributed by atoms with Crippen molar-refractivity contribution in [2.24, 2.45) is 0 Å². The average Bonchev–Trinajstić information content (AvgIpc) is 2.68. The van der Waals surface area contributed by atoms with Crippen molar-refractivity contribution in [3.05, 3.63) is 60.2 Å². The van der Waals surface area contributed by atoms with Crippen molar-refractivity contribution in [3.63, 3.8) is 0 Å². The molecular formula is C23H27NO2+. The standard InChI is InChI=1S/C23H27NO2/c1-2-3-4-5-6-11-16-24-26-23(25)22-20-14-9-7-12-18(20)17-19-13-8-10-15-21(19)22/h7-10,12-15,17,24H,2-6,11,16H2,1H3/q+1. The number of benzene rings is 3. The van der Waals surface area contributed by atoms with E-state index in [9.17, 15) is 4.79 Å². The van der Waals surface area contributed by atoms with Crippen LogP contribution in [0, 0.1) is 0 Å². The Labute approximate surface area is 155 Å². The largest absolute Gasteiger partial charge is 0.632 e. The van der Waals surface area contributed by atoms with Gasteiger partial charge in [0.1, 0.15) is 5.56 Å². The van der Waals surface area contributed by atoms with Gasteiger partial charge in [-0.25, -0.2) is 0 Å². The number of hydrogen-bond acceptors (Lipinski definition) is 3. The lowest BCUT2D eigenvalue weighted by molar-refractivity contribution is 0.0256. The molecule has 0 saturated carbocycles. The zero-order valence-corrected chi connectivity index (χ0v) is 15.5. The highest BCUT2D eigenvalue weighted by Gasteiger charge is 2.27. The van der Waals surface area contributed by atoms with Crippen LogP contribution in [0.4, 0.5) is 0 Å². The second-order valence-electron chi connectivity index (χ2n) is 6.75. The maximum Gasteiger partial charge on any atom is 0.632 e. The molecule has 3 rings (SSSR count). The summed E-state index contributed by atoms with van der Waals surface area (Å²) in [5, 5.41) is 3.96. The first-order chi connectivity index (χ1) is 12.8. The van der Waals surface area contributed by atoms with Gasteiger partial charge in [-0.3, -0.25) is 0 Å². The molecule has 3 nitrogen and oxygen atoms in total. The van der Waals surface area contributed by atoms with Crippen molar-refractivity contribution in [1.82, 2.24) is 5.48 Å². The number of carbonyl (C=O) groups is 1. The van der Waals surface area contributed by atoms with Crippen LogP contribution in [-0.4, -0.2) is 12.5 Å². The summed E-state index contributed by atoms with van der Waals surface area (Å²) in [6.07, 6.45) is 7.29. The van der Waals surface area contributed by atoms with Crippen LogP contribution in [0.1, 0.15) is 55.8 Å². The van der Waals surface area contributed by atoms with Gasteiger partial charge in [-0.05, 0) is 23.3 Å². The van der Waals surface area contributed by atoms with E-state index < -0.39 is 0 Å². The smallest absolute Gasteiger partial charge is 0.195 e. The Hall–Kier alpha value is -2.39. The molecule has 0 aromatic heterocycles. The summed E-state index contributed by atoms with van der Waals surface area (Å²) in [5.41, 5.74) is 3.49. The van der Waals surface area contributed by atoms with Gasteiger partial charge in [-0.15, -0.1) is 0 Å². The number of unbranched alkanes of at least 4 members (excludes halogenated alkanes) is 5. The number of fused-ring (bicyclic) bond motifs is 2. The van der Waals surface area contributed by atoms with Crippen molar-refractivity contribution in [2.45, 2.75) is 45.4 Å². The van der Waals surface area contributed by atoms with E-state index in [1.165, 1.54) is 32.1 Å². The molecule has 0 fully saturated rings. The van der Waals surface area contributed by atoms with Crippen LogP contribution < -0.4 is 5.48 Å². The van der Waals surface area contributed by atoms with Gasteiger partial charge in [0.05, 0.1) is 11.3 Å². The lowest BCUT2D eigenvalue weighted by Crippen LogP contribution is -2.21. The Morgan fingerprint density at radius 1 is 0.846 bits per heavy atom. The molecule has 0 atom stereocenters. The molecule has 3 aromatic rings. The number of hydrogen-bond donors (Lipinski definition) is 1. The zero-order valence-electron chi connectivity index (χ0n) is 15.5. The van der Waals surface area contributed by atoms with E-state index in [4.69, 9.17) is 4.84 Å². The molecule has 135 valence electrons. The van der Waals surface area contributed by atoms with E-state index in [2.05, 4.69) is 18.5 Å². The summed E-state index contributed by atoms with van der Waals surface area (Å²) >= 11 is 0. The van der Waals surface area contributed by atoms with Gasteiger partial charge in [-0.1, -0.05) is 93.0 Å². The first-order valence-electron chi connectivity index (χ1n) is 9.66. The highest BCUT2D eigenvalue weighted by atomic mass is 16.7. The number of carbonyl (C=O) groups excluding carboxylic acids is 1. The lowest BCUT2D eigenvalue weighted by atomic mass is 9.97. The SMILES string of the molecule is CCCCCCCCNOC(=[O+])c1c2ccccc2cc2ccccc12. The lowest BCUT2D eigenvalue weighted by Gasteiger charge is -2.06. The Kier molecular flexibility index (Phi) is 6.62. The summed E-state index contributed by atoms with van der Waals surface area (Å²) in [6, 6.07) is 18.0. The summed E-state index contributed by atoms with van der Waals surface area (Å²) < 4.78 is 0. The third-order valence-electron chi connectivity index (χ3n) is 4.77. The summed E-state index contributed by atoms with van der Waals surface area (Å²) in [4.78, 5) is 18.1. The van der Waals surface area contributed by atoms with Gasteiger partial charge >= 0.3 is 5.97 Å². The van der Waals surface area contributed by atoms with E-state index in [1.807, 2.05) is 48.5 Å². The molecule has 26 heavy (non-hydrogen) atoms. The first kappa shape index (κ1) is 18.4. The van der Waals surface area contributed by atoms with Crippen LogP contribution in [0.2, 0.25) is 0 Å². The van der Waals surface area contributed by atoms with Crippen LogP contribution in [0.15, 0.2) is 54.6 Å². The third-order valence-corrected chi connectivity index (χ3v) is 4.77. The summed E-state index contributed by atoms with van der Waals surface area (Å²) in [6.45, 7) is 2.92. The van der Waals surface area contributed by atoms with E-state index in [0.717, 1.165) is 28.0 Å². The second kappa shape index (κ2) is 9.35. The van der Waals surface area contributed by atoms with E-state index >= 15 is 0 Å². The second-order valence-corrected chi connectivity index (χ2v) is 6.75. The molecule has 0 aliphatic heterocycles. The van der Waals surface area contributed by atoms with Crippen molar-refractivity contribution in [3.8, 4) is 0 Å². The maximum atomic E-state index is 12.8. The fraction of sp³-hybridized carbons (Fsp3) is 0.348. The molecule has 0 spiro atoms. The summed E-state index contributed by atoms with van der Waals surface area (Å²) in [5.74, 6) is -0.316. The fourth-order valence-electron chi connectivity index (χ4n) is 3.38. The van der Waals surface area contributed by atoms with Crippen LogP contribution in [0.25, 0.3) is 21.5 Å². The minimum absolute atomic E-state index is 0.316. The van der Waals surface area contributed by atoms with E-state index in [-0.39, 0.29) is 5.97 Å². The molecule has 0 aliphatic rings.